The lowest BCUT2D eigenvalue weighted by atomic mass is 9.97. The van der Waals surface area contributed by atoms with Gasteiger partial charge in [-0.2, -0.15) is 0 Å². The van der Waals surface area contributed by atoms with E-state index >= 15 is 0 Å². The maximum absolute atomic E-state index is 11.3. The molecule has 0 saturated carbocycles. The molecule has 7 nitrogen and oxygen atoms in total. The number of nitrogens with one attached hydrogen (secondary N) is 1. The number of benzene rings is 3. The molecular weight excluding hydrogens is 468 g/mol. The van der Waals surface area contributed by atoms with E-state index in [9.17, 15) is 5.11 Å². The minimum absolute atomic E-state index is 0.00229. The summed E-state index contributed by atoms with van der Waals surface area (Å²) in [7, 11) is 0. The van der Waals surface area contributed by atoms with Gasteiger partial charge in [-0.15, -0.1) is 0 Å². The van der Waals surface area contributed by atoms with Gasteiger partial charge in [-0.3, -0.25) is 4.90 Å². The second kappa shape index (κ2) is 16.3. The monoisotopic (exact) mass is 506 g/mol. The molecule has 2 atom stereocenters. The minimum Gasteiger partial charge on any atom is -0.473 e. The molecule has 0 fully saturated rings. The number of carbonyl (C=O) groups is 2. The molecule has 0 bridgehead atoms. The number of aliphatic hydroxyl groups excluding tert-OH is 1. The average molecular weight is 507 g/mol. The Morgan fingerprint density at radius 3 is 1.49 bits per heavy atom. The molecule has 0 aliphatic heterocycles. The number of aliphatic hydroxyl groups is 1. The third-order valence-corrected chi connectivity index (χ3v) is 5.75. The van der Waals surface area contributed by atoms with E-state index < -0.39 is 18.0 Å². The van der Waals surface area contributed by atoms with Crippen LogP contribution in [0.15, 0.2) is 91.0 Å². The van der Waals surface area contributed by atoms with E-state index in [1.165, 1.54) is 16.7 Å². The molecule has 198 valence electrons. The third kappa shape index (κ3) is 11.8. The molecule has 3 rings (SSSR count). The first-order valence-corrected chi connectivity index (χ1v) is 12.5. The van der Waals surface area contributed by atoms with Crippen molar-refractivity contribution in [2.24, 2.45) is 5.92 Å². The second-order valence-electron chi connectivity index (χ2n) is 9.36. The van der Waals surface area contributed by atoms with E-state index in [1.807, 2.05) is 6.07 Å². The summed E-state index contributed by atoms with van der Waals surface area (Å²) >= 11 is 0. The highest BCUT2D eigenvalue weighted by Gasteiger charge is 2.27. The van der Waals surface area contributed by atoms with Crippen molar-refractivity contribution in [3.05, 3.63) is 108 Å². The Bertz CT molecular complexity index is 992. The lowest BCUT2D eigenvalue weighted by Gasteiger charge is -2.36. The highest BCUT2D eigenvalue weighted by atomic mass is 16.4. The van der Waals surface area contributed by atoms with E-state index in [1.54, 1.807) is 0 Å². The first-order chi connectivity index (χ1) is 17.8. The number of rotatable bonds is 12. The molecular formula is C30H38N2O5. The Balaban J connectivity index is 0.000000717. The number of carboxylic acid groups (broad SMARTS) is 2. The third-order valence-electron chi connectivity index (χ3n) is 5.75. The predicted octanol–water partition coefficient (Wildman–Crippen LogP) is 4.06. The maximum Gasteiger partial charge on any atom is 0.414 e. The van der Waals surface area contributed by atoms with Gasteiger partial charge in [0.15, 0.2) is 0 Å². The lowest BCUT2D eigenvalue weighted by Crippen LogP contribution is -2.48. The van der Waals surface area contributed by atoms with E-state index in [2.05, 4.69) is 109 Å². The number of aliphatic carboxylic acids is 2. The van der Waals surface area contributed by atoms with Crippen molar-refractivity contribution in [3.8, 4) is 0 Å². The van der Waals surface area contributed by atoms with Crippen LogP contribution in [-0.4, -0.2) is 57.4 Å². The van der Waals surface area contributed by atoms with Crippen LogP contribution in [0.5, 0.6) is 0 Å². The molecule has 3 aromatic carbocycles. The normalized spacial score (nSPS) is 12.5. The topological polar surface area (TPSA) is 110 Å². The van der Waals surface area contributed by atoms with Gasteiger partial charge in [0.1, 0.15) is 0 Å². The number of carboxylic acids is 2. The number of hydrogen-bond donors (Lipinski definition) is 4. The zero-order valence-electron chi connectivity index (χ0n) is 21.5. The van der Waals surface area contributed by atoms with E-state index in [0.717, 1.165) is 26.1 Å². The molecule has 0 spiro atoms. The van der Waals surface area contributed by atoms with Gasteiger partial charge >= 0.3 is 11.9 Å². The van der Waals surface area contributed by atoms with Crippen LogP contribution in [0.4, 0.5) is 0 Å². The smallest absolute Gasteiger partial charge is 0.414 e. The molecule has 7 heteroatoms. The lowest BCUT2D eigenvalue weighted by molar-refractivity contribution is -0.159. The van der Waals surface area contributed by atoms with Gasteiger partial charge in [-0.1, -0.05) is 105 Å². The van der Waals surface area contributed by atoms with Crippen LogP contribution in [0.1, 0.15) is 30.5 Å². The van der Waals surface area contributed by atoms with E-state index in [0.29, 0.717) is 12.5 Å². The van der Waals surface area contributed by atoms with E-state index in [-0.39, 0.29) is 6.04 Å². The fraction of sp³-hybridized carbons (Fsp3) is 0.333. The van der Waals surface area contributed by atoms with Crippen molar-refractivity contribution in [1.82, 2.24) is 10.2 Å². The quantitative estimate of drug-likeness (QED) is 0.274. The Hall–Kier alpha value is -3.52. The molecule has 0 amide bonds. The van der Waals surface area contributed by atoms with Gasteiger partial charge < -0.3 is 20.6 Å². The summed E-state index contributed by atoms with van der Waals surface area (Å²) in [4.78, 5) is 20.6. The molecule has 0 unspecified atom stereocenters. The predicted molar refractivity (Wildman–Crippen MR) is 145 cm³/mol. The summed E-state index contributed by atoms with van der Waals surface area (Å²) in [6.07, 6.45) is 0.344. The molecule has 0 aliphatic rings. The summed E-state index contributed by atoms with van der Waals surface area (Å²) in [6.45, 7) is 7.49. The fourth-order valence-corrected chi connectivity index (χ4v) is 3.95. The SMILES string of the molecule is CC(C)CNC[C@@H](O)[C@H](Cc1ccccc1)N(Cc1ccccc1)Cc1ccccc1.O=C(O)C(=O)O. The van der Waals surface area contributed by atoms with Crippen LogP contribution in [0.25, 0.3) is 0 Å². The second-order valence-corrected chi connectivity index (χ2v) is 9.36. The van der Waals surface area contributed by atoms with Gasteiger partial charge in [-0.25, -0.2) is 9.59 Å². The van der Waals surface area contributed by atoms with Crippen molar-refractivity contribution in [2.45, 2.75) is 45.5 Å². The van der Waals surface area contributed by atoms with Gasteiger partial charge in [0.2, 0.25) is 0 Å². The zero-order chi connectivity index (χ0) is 27.0. The maximum atomic E-state index is 11.3. The summed E-state index contributed by atoms with van der Waals surface area (Å²) < 4.78 is 0. The standard InChI is InChI=1S/C28H36N2O.C2H2O4/c1-23(2)19-29-20-28(31)27(18-24-12-6-3-7-13-24)30(21-25-14-8-4-9-15-25)22-26-16-10-5-11-17-26;3-1(4)2(5)6/h3-17,23,27-29,31H,18-22H2,1-2H3;(H,3,4)(H,5,6)/t27-,28+;/m0./s1. The molecule has 3 aromatic rings. The van der Waals surface area contributed by atoms with Crippen molar-refractivity contribution < 1.29 is 24.9 Å². The summed E-state index contributed by atoms with van der Waals surface area (Å²) in [6, 6.07) is 31.6. The Morgan fingerprint density at radius 2 is 1.11 bits per heavy atom. The van der Waals surface area contributed by atoms with Gasteiger partial charge in [-0.05, 0) is 35.6 Å². The van der Waals surface area contributed by atoms with Crippen LogP contribution in [0, 0.1) is 5.92 Å². The molecule has 0 radical (unpaired) electrons. The molecule has 0 heterocycles. The molecule has 37 heavy (non-hydrogen) atoms. The number of nitrogens with zero attached hydrogens (tertiary/aromatic N) is 1. The summed E-state index contributed by atoms with van der Waals surface area (Å²) in [5, 5.41) is 29.5. The Kier molecular flexibility index (Phi) is 13.1. The van der Waals surface area contributed by atoms with Gasteiger partial charge in [0, 0.05) is 25.7 Å². The van der Waals surface area contributed by atoms with Crippen LogP contribution < -0.4 is 5.32 Å². The van der Waals surface area contributed by atoms with Gasteiger partial charge in [0.05, 0.1) is 6.10 Å². The van der Waals surface area contributed by atoms with Crippen molar-refractivity contribution >= 4 is 11.9 Å². The van der Waals surface area contributed by atoms with Crippen molar-refractivity contribution in [1.29, 1.82) is 0 Å². The largest absolute Gasteiger partial charge is 0.473 e. The minimum atomic E-state index is -1.82. The van der Waals surface area contributed by atoms with Crippen LogP contribution >= 0.6 is 0 Å². The molecule has 4 N–H and O–H groups in total. The molecule has 0 aliphatic carbocycles. The summed E-state index contributed by atoms with van der Waals surface area (Å²) in [5.41, 5.74) is 3.78. The Labute approximate surface area is 219 Å². The van der Waals surface area contributed by atoms with Crippen molar-refractivity contribution in [3.63, 3.8) is 0 Å². The molecule has 0 saturated heterocycles. The zero-order valence-corrected chi connectivity index (χ0v) is 21.5. The van der Waals surface area contributed by atoms with Crippen LogP contribution in [-0.2, 0) is 29.1 Å². The van der Waals surface area contributed by atoms with Crippen molar-refractivity contribution in [2.75, 3.05) is 13.1 Å². The summed E-state index contributed by atoms with van der Waals surface area (Å²) in [5.74, 6) is -3.09. The number of hydrogen-bond acceptors (Lipinski definition) is 5. The highest BCUT2D eigenvalue weighted by molar-refractivity contribution is 6.27. The van der Waals surface area contributed by atoms with Crippen LogP contribution in [0.2, 0.25) is 0 Å². The molecule has 0 aromatic heterocycles. The first kappa shape index (κ1) is 29.7. The Morgan fingerprint density at radius 1 is 0.703 bits per heavy atom. The van der Waals surface area contributed by atoms with E-state index in [4.69, 9.17) is 19.8 Å². The highest BCUT2D eigenvalue weighted by Crippen LogP contribution is 2.19. The van der Waals surface area contributed by atoms with Gasteiger partial charge in [0.25, 0.3) is 0 Å². The van der Waals surface area contributed by atoms with Crippen LogP contribution in [0.3, 0.4) is 0 Å². The first-order valence-electron chi connectivity index (χ1n) is 12.5. The fourth-order valence-electron chi connectivity index (χ4n) is 3.95. The average Bonchev–Trinajstić information content (AvgIpc) is 2.89.